The second-order valence-corrected chi connectivity index (χ2v) is 7.92. The highest BCUT2D eigenvalue weighted by atomic mass is 16.5. The van der Waals surface area contributed by atoms with Crippen LogP contribution in [0, 0.1) is 6.92 Å². The second-order valence-electron chi connectivity index (χ2n) is 7.92. The summed E-state index contributed by atoms with van der Waals surface area (Å²) in [5.74, 6) is 3.55. The Morgan fingerprint density at radius 1 is 1.16 bits per heavy atom. The Balaban J connectivity index is 1.48. The number of aromatic nitrogens is 1. The third kappa shape index (κ3) is 7.05. The van der Waals surface area contributed by atoms with Crippen LogP contribution >= 0.6 is 0 Å². The number of ether oxygens (including phenoxy) is 2. The van der Waals surface area contributed by atoms with Crippen LogP contribution < -0.4 is 25.0 Å². The molecule has 0 aliphatic carbocycles. The number of benzene rings is 1. The van der Waals surface area contributed by atoms with Crippen molar-refractivity contribution in [1.82, 2.24) is 15.6 Å². The van der Waals surface area contributed by atoms with Crippen LogP contribution in [0.1, 0.15) is 32.3 Å². The smallest absolute Gasteiger partial charge is 0.191 e. The largest absolute Gasteiger partial charge is 0.497 e. The molecule has 1 aromatic heterocycles. The lowest BCUT2D eigenvalue weighted by Crippen LogP contribution is -2.49. The molecule has 31 heavy (non-hydrogen) atoms. The van der Waals surface area contributed by atoms with Gasteiger partial charge >= 0.3 is 0 Å². The number of anilines is 1. The number of pyridine rings is 1. The molecule has 0 amide bonds. The molecule has 2 aromatic rings. The number of guanidine groups is 1. The van der Waals surface area contributed by atoms with Gasteiger partial charge in [0.1, 0.15) is 23.4 Å². The predicted molar refractivity (Wildman–Crippen MR) is 126 cm³/mol. The van der Waals surface area contributed by atoms with Gasteiger partial charge < -0.3 is 25.0 Å². The average Bonchev–Trinajstić information content (AvgIpc) is 2.79. The van der Waals surface area contributed by atoms with Crippen LogP contribution in [-0.2, 0) is 0 Å². The van der Waals surface area contributed by atoms with Gasteiger partial charge in [0.05, 0.1) is 13.7 Å². The van der Waals surface area contributed by atoms with Crippen molar-refractivity contribution in [2.24, 2.45) is 4.99 Å². The minimum Gasteiger partial charge on any atom is -0.497 e. The maximum Gasteiger partial charge on any atom is 0.191 e. The van der Waals surface area contributed by atoms with E-state index in [9.17, 15) is 0 Å². The number of rotatable bonds is 8. The molecular formula is C24H35N5O2. The molecule has 7 nitrogen and oxygen atoms in total. The summed E-state index contributed by atoms with van der Waals surface area (Å²) in [4.78, 5) is 11.7. The van der Waals surface area contributed by atoms with Gasteiger partial charge in [-0.15, -0.1) is 0 Å². The number of methoxy groups -OCH3 is 1. The van der Waals surface area contributed by atoms with Gasteiger partial charge in [-0.25, -0.2) is 9.98 Å². The number of nitrogens with zero attached hydrogens (tertiary/aromatic N) is 3. The van der Waals surface area contributed by atoms with Gasteiger partial charge in [0, 0.05) is 31.9 Å². The lowest BCUT2D eigenvalue weighted by molar-refractivity contribution is 0.230. The minimum atomic E-state index is -0.0293. The fourth-order valence-electron chi connectivity index (χ4n) is 3.56. The molecule has 1 saturated heterocycles. The van der Waals surface area contributed by atoms with E-state index in [1.165, 1.54) is 5.56 Å². The van der Waals surface area contributed by atoms with Crippen LogP contribution in [0.3, 0.4) is 0 Å². The van der Waals surface area contributed by atoms with Crippen molar-refractivity contribution in [3.8, 4) is 11.5 Å². The molecule has 1 aromatic carbocycles. The topological polar surface area (TPSA) is 71.0 Å². The third-order valence-electron chi connectivity index (χ3n) is 5.30. The van der Waals surface area contributed by atoms with Crippen LogP contribution in [0.2, 0.25) is 0 Å². The van der Waals surface area contributed by atoms with E-state index < -0.39 is 0 Å². The number of piperidine rings is 1. The van der Waals surface area contributed by atoms with E-state index >= 15 is 0 Å². The van der Waals surface area contributed by atoms with Gasteiger partial charge in [0.15, 0.2) is 5.96 Å². The highest BCUT2D eigenvalue weighted by molar-refractivity contribution is 5.80. The standard InChI is InChI=1S/C24H35N5O2/c1-5-25-24(27-17-19(3)31-22-9-7-21(30-4)8-10-22)28-20-12-14-29(15-13-20)23-11-6-18(2)16-26-23/h6-11,16,19-20H,5,12-15,17H2,1-4H3,(H2,25,27,28). The monoisotopic (exact) mass is 425 g/mol. The fraction of sp³-hybridized carbons (Fsp3) is 0.500. The highest BCUT2D eigenvalue weighted by Gasteiger charge is 2.21. The van der Waals surface area contributed by atoms with Crippen molar-refractivity contribution in [3.63, 3.8) is 0 Å². The molecule has 0 bridgehead atoms. The van der Waals surface area contributed by atoms with Crippen LogP contribution in [0.25, 0.3) is 0 Å². The molecule has 0 spiro atoms. The zero-order valence-electron chi connectivity index (χ0n) is 19.1. The zero-order chi connectivity index (χ0) is 22.1. The van der Waals surface area contributed by atoms with Crippen LogP contribution in [-0.4, -0.2) is 56.4 Å². The summed E-state index contributed by atoms with van der Waals surface area (Å²) in [5, 5.41) is 6.95. The molecule has 0 radical (unpaired) electrons. The summed E-state index contributed by atoms with van der Waals surface area (Å²) in [6.45, 7) is 9.56. The fourth-order valence-corrected chi connectivity index (χ4v) is 3.56. The number of hydrogen-bond donors (Lipinski definition) is 2. The molecule has 2 N–H and O–H groups in total. The quantitative estimate of drug-likeness (QED) is 0.499. The van der Waals surface area contributed by atoms with Crippen LogP contribution in [0.4, 0.5) is 5.82 Å². The average molecular weight is 426 g/mol. The Kier molecular flexibility index (Phi) is 8.38. The SMILES string of the molecule is CCNC(=NCC(C)Oc1ccc(OC)cc1)NC1CCN(c2ccc(C)cn2)CC1. The maximum atomic E-state index is 5.97. The van der Waals surface area contributed by atoms with Gasteiger partial charge in [0.2, 0.25) is 0 Å². The van der Waals surface area contributed by atoms with E-state index in [1.54, 1.807) is 7.11 Å². The number of aliphatic imine (C=N–C) groups is 1. The third-order valence-corrected chi connectivity index (χ3v) is 5.30. The van der Waals surface area contributed by atoms with E-state index in [4.69, 9.17) is 14.5 Å². The van der Waals surface area contributed by atoms with Crippen molar-refractivity contribution >= 4 is 11.8 Å². The lowest BCUT2D eigenvalue weighted by atomic mass is 10.1. The minimum absolute atomic E-state index is 0.0293. The summed E-state index contributed by atoms with van der Waals surface area (Å²) in [7, 11) is 1.66. The van der Waals surface area contributed by atoms with Crippen LogP contribution in [0.15, 0.2) is 47.6 Å². The number of nitrogens with one attached hydrogen (secondary N) is 2. The first-order chi connectivity index (χ1) is 15.1. The predicted octanol–water partition coefficient (Wildman–Crippen LogP) is 3.39. The van der Waals surface area contributed by atoms with Gasteiger partial charge in [-0.1, -0.05) is 6.07 Å². The summed E-state index contributed by atoms with van der Waals surface area (Å²) in [5.41, 5.74) is 1.19. The Morgan fingerprint density at radius 3 is 2.48 bits per heavy atom. The number of aryl methyl sites for hydroxylation is 1. The summed E-state index contributed by atoms with van der Waals surface area (Å²) >= 11 is 0. The molecular weight excluding hydrogens is 390 g/mol. The summed E-state index contributed by atoms with van der Waals surface area (Å²) in [6, 6.07) is 12.3. The molecule has 1 aliphatic heterocycles. The van der Waals surface area contributed by atoms with Crippen molar-refractivity contribution < 1.29 is 9.47 Å². The summed E-state index contributed by atoms with van der Waals surface area (Å²) < 4.78 is 11.2. The Morgan fingerprint density at radius 2 is 1.87 bits per heavy atom. The first-order valence-corrected chi connectivity index (χ1v) is 11.1. The number of hydrogen-bond acceptors (Lipinski definition) is 5. The lowest BCUT2D eigenvalue weighted by Gasteiger charge is -2.34. The molecule has 2 heterocycles. The van der Waals surface area contributed by atoms with Crippen molar-refractivity contribution in [2.75, 3.05) is 38.2 Å². The van der Waals surface area contributed by atoms with Gasteiger partial charge in [-0.3, -0.25) is 0 Å². The van der Waals surface area contributed by atoms with Crippen molar-refractivity contribution in [2.45, 2.75) is 45.8 Å². The molecule has 1 aliphatic rings. The highest BCUT2D eigenvalue weighted by Crippen LogP contribution is 2.19. The zero-order valence-corrected chi connectivity index (χ0v) is 19.1. The first-order valence-electron chi connectivity index (χ1n) is 11.1. The second kappa shape index (κ2) is 11.4. The van der Waals surface area contributed by atoms with Gasteiger partial charge in [-0.05, 0) is 69.5 Å². The Labute approximate surface area is 185 Å². The van der Waals surface area contributed by atoms with E-state index in [2.05, 4.69) is 46.5 Å². The first kappa shape index (κ1) is 22.7. The maximum absolute atomic E-state index is 5.97. The van der Waals surface area contributed by atoms with Gasteiger partial charge in [0.25, 0.3) is 0 Å². The molecule has 0 saturated carbocycles. The van der Waals surface area contributed by atoms with Crippen molar-refractivity contribution in [1.29, 1.82) is 0 Å². The van der Waals surface area contributed by atoms with E-state index in [-0.39, 0.29) is 6.10 Å². The van der Waals surface area contributed by atoms with E-state index in [0.717, 1.165) is 55.8 Å². The normalized spacial score (nSPS) is 16.0. The van der Waals surface area contributed by atoms with E-state index in [1.807, 2.05) is 37.4 Å². The molecule has 1 unspecified atom stereocenters. The van der Waals surface area contributed by atoms with E-state index in [0.29, 0.717) is 12.6 Å². The molecule has 3 rings (SSSR count). The molecule has 1 fully saturated rings. The molecule has 1 atom stereocenters. The van der Waals surface area contributed by atoms with Crippen LogP contribution in [0.5, 0.6) is 11.5 Å². The molecule has 168 valence electrons. The summed E-state index contributed by atoms with van der Waals surface area (Å²) in [6.07, 6.45) is 4.01. The molecule has 7 heteroatoms. The van der Waals surface area contributed by atoms with Crippen molar-refractivity contribution in [3.05, 3.63) is 48.2 Å². The Bertz CT molecular complexity index is 815. The Hall–Kier alpha value is -2.96. The van der Waals surface area contributed by atoms with Gasteiger partial charge in [-0.2, -0.15) is 0 Å².